The Bertz CT molecular complexity index is 558. The molecule has 1 N–H and O–H groups in total. The number of hydrogen-bond donors (Lipinski definition) is 1. The first kappa shape index (κ1) is 9.20. The van der Waals surface area contributed by atoms with Gasteiger partial charge < -0.3 is 14.9 Å². The van der Waals surface area contributed by atoms with E-state index in [0.717, 1.165) is 0 Å². The number of nitrogens with one attached hydrogen (secondary N) is 1. The van der Waals surface area contributed by atoms with Gasteiger partial charge in [-0.05, 0) is 6.07 Å². The van der Waals surface area contributed by atoms with E-state index in [1.54, 1.807) is 0 Å². The van der Waals surface area contributed by atoms with Gasteiger partial charge in [-0.1, -0.05) is 0 Å². The Labute approximate surface area is 83.3 Å². The maximum Gasteiger partial charge on any atom is 0.270 e. The lowest BCUT2D eigenvalue weighted by Crippen LogP contribution is -2.21. The molecule has 0 aliphatic rings. The smallest absolute Gasteiger partial charge is 0.270 e. The van der Waals surface area contributed by atoms with Crippen molar-refractivity contribution in [3.8, 4) is 0 Å². The summed E-state index contributed by atoms with van der Waals surface area (Å²) in [5, 5.41) is 21.4. The van der Waals surface area contributed by atoms with Gasteiger partial charge in [0.05, 0.1) is 10.9 Å². The quantitative estimate of drug-likeness (QED) is 0.567. The Balaban J connectivity index is 2.72. The molecule has 0 unspecified atom stereocenters. The molecule has 0 saturated carbocycles. The highest BCUT2D eigenvalue weighted by molar-refractivity contribution is 6.02. The van der Waals surface area contributed by atoms with Gasteiger partial charge in [0.1, 0.15) is 0 Å². The summed E-state index contributed by atoms with van der Waals surface area (Å²) in [7, 11) is 0. The van der Waals surface area contributed by atoms with Gasteiger partial charge in [0, 0.05) is 34.8 Å². The molecule has 0 aliphatic heterocycles. The number of carboxylic acids is 1. The average molecular weight is 205 g/mol. The Hall–Kier alpha value is -2.37. The van der Waals surface area contributed by atoms with E-state index in [2.05, 4.69) is 4.98 Å². The van der Waals surface area contributed by atoms with Gasteiger partial charge in [-0.2, -0.15) is 0 Å². The van der Waals surface area contributed by atoms with Crippen molar-refractivity contribution in [2.24, 2.45) is 0 Å². The molecule has 1 heterocycles. The Kier molecular flexibility index (Phi) is 1.89. The molecular formula is C9H5N2O4-. The van der Waals surface area contributed by atoms with Crippen molar-refractivity contribution in [3.05, 3.63) is 40.1 Å². The first-order chi connectivity index (χ1) is 7.09. The SMILES string of the molecule is O=C([O-])c1c[nH]c2ccc([N+](=O)[O-])cc12. The number of H-pyrrole nitrogens is 1. The highest BCUT2D eigenvalue weighted by atomic mass is 16.6. The number of fused-ring (bicyclic) bond motifs is 1. The Morgan fingerprint density at radius 2 is 2.13 bits per heavy atom. The minimum atomic E-state index is -1.36. The maximum absolute atomic E-state index is 10.7. The highest BCUT2D eigenvalue weighted by Gasteiger charge is 2.10. The number of aromatic carboxylic acids is 1. The van der Waals surface area contributed by atoms with Gasteiger partial charge in [-0.15, -0.1) is 0 Å². The van der Waals surface area contributed by atoms with Crippen LogP contribution in [0.1, 0.15) is 10.4 Å². The summed E-state index contributed by atoms with van der Waals surface area (Å²) in [6, 6.07) is 3.97. The zero-order valence-corrected chi connectivity index (χ0v) is 7.39. The Morgan fingerprint density at radius 1 is 1.40 bits per heavy atom. The number of non-ortho nitro benzene ring substituents is 1. The lowest BCUT2D eigenvalue weighted by atomic mass is 10.1. The van der Waals surface area contributed by atoms with Crippen LogP contribution in [0.15, 0.2) is 24.4 Å². The van der Waals surface area contributed by atoms with Crippen molar-refractivity contribution in [2.45, 2.75) is 0 Å². The molecule has 15 heavy (non-hydrogen) atoms. The number of aromatic nitrogens is 1. The lowest BCUT2D eigenvalue weighted by molar-refractivity contribution is -0.384. The van der Waals surface area contributed by atoms with Crippen LogP contribution in [0.5, 0.6) is 0 Å². The Morgan fingerprint density at radius 3 is 2.73 bits per heavy atom. The zero-order valence-electron chi connectivity index (χ0n) is 7.39. The van der Waals surface area contributed by atoms with Gasteiger partial charge in [-0.3, -0.25) is 10.1 Å². The van der Waals surface area contributed by atoms with Crippen LogP contribution < -0.4 is 5.11 Å². The predicted molar refractivity (Wildman–Crippen MR) is 49.3 cm³/mol. The van der Waals surface area contributed by atoms with Crippen LogP contribution in [0, 0.1) is 10.1 Å². The summed E-state index contributed by atoms with van der Waals surface area (Å²) in [6.07, 6.45) is 1.25. The second-order valence-corrected chi connectivity index (χ2v) is 2.98. The van der Waals surface area contributed by atoms with Crippen molar-refractivity contribution in [3.63, 3.8) is 0 Å². The van der Waals surface area contributed by atoms with E-state index in [1.165, 1.54) is 24.4 Å². The van der Waals surface area contributed by atoms with Crippen LogP contribution in [0.3, 0.4) is 0 Å². The largest absolute Gasteiger partial charge is 0.545 e. The minimum absolute atomic E-state index is 0.0753. The van der Waals surface area contributed by atoms with Crippen LogP contribution in [0.25, 0.3) is 10.9 Å². The fourth-order valence-corrected chi connectivity index (χ4v) is 1.39. The van der Waals surface area contributed by atoms with E-state index in [-0.39, 0.29) is 16.6 Å². The normalized spacial score (nSPS) is 10.4. The van der Waals surface area contributed by atoms with Crippen LogP contribution in [-0.2, 0) is 0 Å². The summed E-state index contributed by atoms with van der Waals surface area (Å²) < 4.78 is 0. The molecule has 2 rings (SSSR count). The molecule has 2 aromatic rings. The molecule has 1 aromatic carbocycles. The van der Waals surface area contributed by atoms with Crippen molar-refractivity contribution in [1.82, 2.24) is 4.98 Å². The molecule has 0 radical (unpaired) electrons. The molecule has 6 nitrogen and oxygen atoms in total. The van der Waals surface area contributed by atoms with Gasteiger partial charge >= 0.3 is 0 Å². The number of nitro benzene ring substituents is 1. The third kappa shape index (κ3) is 1.41. The standard InChI is InChI=1S/C9H6N2O4/c12-9(13)7-4-10-8-2-1-5(11(14)15)3-6(7)8/h1-4,10H,(H,12,13)/p-1. The molecule has 0 bridgehead atoms. The van der Waals surface area contributed by atoms with Crippen molar-refractivity contribution < 1.29 is 14.8 Å². The molecule has 76 valence electrons. The van der Waals surface area contributed by atoms with E-state index in [9.17, 15) is 20.0 Å². The van der Waals surface area contributed by atoms with E-state index >= 15 is 0 Å². The van der Waals surface area contributed by atoms with Crippen LogP contribution in [0.2, 0.25) is 0 Å². The third-order valence-corrected chi connectivity index (χ3v) is 2.10. The van der Waals surface area contributed by atoms with Crippen molar-refractivity contribution in [1.29, 1.82) is 0 Å². The minimum Gasteiger partial charge on any atom is -0.545 e. The molecule has 6 heteroatoms. The molecular weight excluding hydrogens is 200 g/mol. The summed E-state index contributed by atoms with van der Waals surface area (Å²) in [5.41, 5.74) is 0.304. The van der Waals surface area contributed by atoms with Gasteiger partial charge in [-0.25, -0.2) is 0 Å². The zero-order chi connectivity index (χ0) is 11.0. The summed E-state index contributed by atoms with van der Waals surface area (Å²) in [6.45, 7) is 0. The second kappa shape index (κ2) is 3.09. The van der Waals surface area contributed by atoms with Gasteiger partial charge in [0.15, 0.2) is 0 Å². The molecule has 0 saturated heterocycles. The number of hydrogen-bond acceptors (Lipinski definition) is 4. The fourth-order valence-electron chi connectivity index (χ4n) is 1.39. The fraction of sp³-hybridized carbons (Fsp3) is 0. The van der Waals surface area contributed by atoms with E-state index in [4.69, 9.17) is 0 Å². The number of carboxylic acid groups (broad SMARTS) is 1. The summed E-state index contributed by atoms with van der Waals surface area (Å²) in [4.78, 5) is 23.3. The first-order valence-electron chi connectivity index (χ1n) is 4.06. The molecule has 0 aliphatic carbocycles. The van der Waals surface area contributed by atoms with Crippen molar-refractivity contribution >= 4 is 22.6 Å². The third-order valence-electron chi connectivity index (χ3n) is 2.10. The number of nitro groups is 1. The summed E-state index contributed by atoms with van der Waals surface area (Å²) in [5.74, 6) is -1.36. The molecule has 0 atom stereocenters. The van der Waals surface area contributed by atoms with Crippen molar-refractivity contribution in [2.75, 3.05) is 0 Å². The van der Waals surface area contributed by atoms with Crippen LogP contribution in [0.4, 0.5) is 5.69 Å². The molecule has 1 aromatic heterocycles. The van der Waals surface area contributed by atoms with Crippen LogP contribution >= 0.6 is 0 Å². The first-order valence-corrected chi connectivity index (χ1v) is 4.06. The number of carbonyl (C=O) groups is 1. The average Bonchev–Trinajstić information content (AvgIpc) is 2.59. The van der Waals surface area contributed by atoms with Gasteiger partial charge in [0.2, 0.25) is 0 Å². The van der Waals surface area contributed by atoms with E-state index in [0.29, 0.717) is 5.52 Å². The van der Waals surface area contributed by atoms with E-state index in [1.807, 2.05) is 0 Å². The molecule has 0 amide bonds. The monoisotopic (exact) mass is 205 g/mol. The number of carbonyl (C=O) groups excluding carboxylic acids is 1. The number of aromatic amines is 1. The van der Waals surface area contributed by atoms with Gasteiger partial charge in [0.25, 0.3) is 5.69 Å². The summed E-state index contributed by atoms with van der Waals surface area (Å²) >= 11 is 0. The topological polar surface area (TPSA) is 99.1 Å². The number of benzene rings is 1. The molecule has 0 fully saturated rings. The molecule has 0 spiro atoms. The second-order valence-electron chi connectivity index (χ2n) is 2.98. The lowest BCUT2D eigenvalue weighted by Gasteiger charge is -1.98. The van der Waals surface area contributed by atoms with E-state index < -0.39 is 10.9 Å². The van der Waals surface area contributed by atoms with Crippen LogP contribution in [-0.4, -0.2) is 15.9 Å². The highest BCUT2D eigenvalue weighted by Crippen LogP contribution is 2.22. The predicted octanol–water partition coefficient (Wildman–Crippen LogP) is 0.440. The maximum atomic E-state index is 10.7. The number of rotatable bonds is 2. The number of nitrogens with zero attached hydrogens (tertiary/aromatic N) is 1.